The van der Waals surface area contributed by atoms with Gasteiger partial charge in [0.15, 0.2) is 0 Å². The van der Waals surface area contributed by atoms with Gasteiger partial charge in [0.1, 0.15) is 0 Å². The fourth-order valence-corrected chi connectivity index (χ4v) is 8.70. The molecule has 2 fully saturated rings. The van der Waals surface area contributed by atoms with Crippen molar-refractivity contribution in [1.29, 1.82) is 0 Å². The van der Waals surface area contributed by atoms with Crippen molar-refractivity contribution in [1.82, 2.24) is 0 Å². The summed E-state index contributed by atoms with van der Waals surface area (Å²) in [6, 6.07) is 17.4. The first-order chi connectivity index (χ1) is 24.7. The molecule has 2 aliphatic carbocycles. The molecule has 0 saturated heterocycles. The van der Waals surface area contributed by atoms with Gasteiger partial charge in [-0.2, -0.15) is 0 Å². The summed E-state index contributed by atoms with van der Waals surface area (Å²) in [6.07, 6.45) is 17.5. The van der Waals surface area contributed by atoms with E-state index < -0.39 is 0 Å². The molecule has 0 atom stereocenters. The Morgan fingerprint density at radius 2 is 0.453 bits per heavy atom. The Morgan fingerprint density at radius 3 is 0.566 bits per heavy atom. The van der Waals surface area contributed by atoms with Crippen LogP contribution in [0.25, 0.3) is 11.1 Å². The van der Waals surface area contributed by atoms with Crippen LogP contribution in [0.1, 0.15) is 153 Å². The first-order valence-corrected chi connectivity index (χ1v) is 19.7. The molecule has 3 heteroatoms. The zero-order chi connectivity index (χ0) is 38.5. The fourth-order valence-electron chi connectivity index (χ4n) is 8.70. The smallest absolute Gasteiger partial charge is 0.515 e. The van der Waals surface area contributed by atoms with Crippen molar-refractivity contribution >= 4 is 11.1 Å². The quantitative estimate of drug-likeness (QED) is 0.161. The fraction of sp³-hybridized carbons (Fsp3) is 0.440. The Balaban J connectivity index is 0.000000285. The monoisotopic (exact) mass is 748 g/mol. The van der Waals surface area contributed by atoms with Crippen molar-refractivity contribution in [2.24, 2.45) is 0 Å². The first kappa shape index (κ1) is 45.8. The molecule has 0 bridgehead atoms. The number of aliphatic hydroxyl groups is 2. The van der Waals surface area contributed by atoms with Gasteiger partial charge in [-0.05, 0) is 150 Å². The number of aryl methyl sites for hydroxylation is 12. The predicted molar refractivity (Wildman–Crippen MR) is 228 cm³/mol. The number of rotatable bonds is 4. The minimum Gasteiger partial charge on any atom is -0.515 e. The SMILES string of the molecule is C1CCCC1.C1CCCC1.Cc1cc(C)c(C(=CO)c2c(C)cc(C)cc2C)c(C)c1.Cc1cc(C)c(C(=CO)c2c(C)cc(C)cc2C)c(C)c1.[Ti+2]. The summed E-state index contributed by atoms with van der Waals surface area (Å²) in [6.45, 7) is 25.3. The molecule has 0 aromatic heterocycles. The molecule has 0 spiro atoms. The summed E-state index contributed by atoms with van der Waals surface area (Å²) >= 11 is 0. The molecule has 0 unspecified atom stereocenters. The third-order valence-corrected chi connectivity index (χ3v) is 10.5. The van der Waals surface area contributed by atoms with Crippen molar-refractivity contribution < 1.29 is 31.9 Å². The molecule has 0 radical (unpaired) electrons. The van der Waals surface area contributed by atoms with Crippen LogP contribution in [0, 0.1) is 83.1 Å². The maximum atomic E-state index is 9.91. The van der Waals surface area contributed by atoms with E-state index in [-0.39, 0.29) is 21.7 Å². The topological polar surface area (TPSA) is 40.5 Å². The largest absolute Gasteiger partial charge is 2.00 e. The van der Waals surface area contributed by atoms with Gasteiger partial charge in [0, 0.05) is 11.1 Å². The second kappa shape index (κ2) is 22.1. The average Bonchev–Trinajstić information content (AvgIpc) is 3.82. The van der Waals surface area contributed by atoms with Crippen LogP contribution in [0.2, 0.25) is 0 Å². The summed E-state index contributed by atoms with van der Waals surface area (Å²) in [4.78, 5) is 0. The Labute approximate surface area is 338 Å². The summed E-state index contributed by atoms with van der Waals surface area (Å²) < 4.78 is 0. The van der Waals surface area contributed by atoms with Crippen LogP contribution in [0.5, 0.6) is 0 Å². The first-order valence-electron chi connectivity index (χ1n) is 19.7. The Bertz CT molecular complexity index is 1500. The zero-order valence-electron chi connectivity index (χ0n) is 35.2. The van der Waals surface area contributed by atoms with E-state index in [2.05, 4.69) is 132 Å². The van der Waals surface area contributed by atoms with Crippen molar-refractivity contribution in [3.05, 3.63) is 150 Å². The molecule has 53 heavy (non-hydrogen) atoms. The molecule has 6 rings (SSSR count). The van der Waals surface area contributed by atoms with Gasteiger partial charge >= 0.3 is 21.7 Å². The number of hydrogen-bond donors (Lipinski definition) is 2. The molecule has 2 saturated carbocycles. The Hall–Kier alpha value is -3.33. The summed E-state index contributed by atoms with van der Waals surface area (Å²) in [5, 5.41) is 19.8. The average molecular weight is 749 g/mol. The van der Waals surface area contributed by atoms with Crippen LogP contribution < -0.4 is 0 Å². The predicted octanol–water partition coefficient (Wildman–Crippen LogP) is 14.9. The molecular weight excluding hydrogens is 680 g/mol. The van der Waals surface area contributed by atoms with Gasteiger partial charge in [-0.15, -0.1) is 0 Å². The van der Waals surface area contributed by atoms with Gasteiger partial charge < -0.3 is 10.2 Å². The summed E-state index contributed by atoms with van der Waals surface area (Å²) in [5.74, 6) is 0. The van der Waals surface area contributed by atoms with Gasteiger partial charge in [-0.25, -0.2) is 0 Å². The maximum Gasteiger partial charge on any atom is 2.00 e. The van der Waals surface area contributed by atoms with Crippen LogP contribution in [0.3, 0.4) is 0 Å². The van der Waals surface area contributed by atoms with Crippen molar-refractivity contribution in [3.8, 4) is 0 Å². The van der Waals surface area contributed by atoms with E-state index in [1.54, 1.807) is 0 Å². The van der Waals surface area contributed by atoms with Gasteiger partial charge in [-0.1, -0.05) is 135 Å². The Kier molecular flexibility index (Phi) is 19.2. The van der Waals surface area contributed by atoms with Crippen molar-refractivity contribution in [2.45, 2.75) is 147 Å². The number of hydrogen-bond acceptors (Lipinski definition) is 2. The maximum absolute atomic E-state index is 9.91. The number of aliphatic hydroxyl groups excluding tert-OH is 2. The van der Waals surface area contributed by atoms with Crippen LogP contribution in [0.4, 0.5) is 0 Å². The van der Waals surface area contributed by atoms with E-state index >= 15 is 0 Å². The minimum absolute atomic E-state index is 0. The van der Waals surface area contributed by atoms with E-state index in [1.165, 1.54) is 143 Å². The van der Waals surface area contributed by atoms with Crippen molar-refractivity contribution in [3.63, 3.8) is 0 Å². The summed E-state index contributed by atoms with van der Waals surface area (Å²) in [7, 11) is 0. The third-order valence-electron chi connectivity index (χ3n) is 10.5. The second-order valence-electron chi connectivity index (χ2n) is 15.7. The van der Waals surface area contributed by atoms with Gasteiger partial charge in [0.25, 0.3) is 0 Å². The van der Waals surface area contributed by atoms with E-state index in [1.807, 2.05) is 0 Å². The zero-order valence-corrected chi connectivity index (χ0v) is 36.8. The number of benzene rings is 4. The van der Waals surface area contributed by atoms with Crippen LogP contribution >= 0.6 is 0 Å². The minimum atomic E-state index is 0. The summed E-state index contributed by atoms with van der Waals surface area (Å²) in [5.41, 5.74) is 21.0. The van der Waals surface area contributed by atoms with Crippen LogP contribution in [0.15, 0.2) is 61.1 Å². The molecule has 2 aliphatic rings. The Morgan fingerprint density at radius 1 is 0.321 bits per heavy atom. The van der Waals surface area contributed by atoms with Crippen LogP contribution in [-0.2, 0) is 21.7 Å². The third kappa shape index (κ3) is 12.9. The van der Waals surface area contributed by atoms with E-state index in [0.717, 1.165) is 33.4 Å². The van der Waals surface area contributed by atoms with E-state index in [9.17, 15) is 10.2 Å². The standard InChI is InChI=1S/2C20H24O.2C5H10.Ti/c2*1-12-7-14(3)19(15(4)8-12)18(11-21)20-16(5)9-13(2)10-17(20)6;2*1-2-4-5-3-1;/h2*7-11,21H,1-6H3;2*1-5H2;/q;;;;+2. The van der Waals surface area contributed by atoms with Gasteiger partial charge in [0.2, 0.25) is 0 Å². The normalized spacial score (nSPS) is 12.9. The second-order valence-corrected chi connectivity index (χ2v) is 15.7. The van der Waals surface area contributed by atoms with E-state index in [4.69, 9.17) is 0 Å². The molecule has 2 N–H and O–H groups in total. The molecule has 0 amide bonds. The molecule has 4 aromatic carbocycles. The molecule has 282 valence electrons. The van der Waals surface area contributed by atoms with Crippen molar-refractivity contribution in [2.75, 3.05) is 0 Å². The molecule has 0 aliphatic heterocycles. The molecule has 0 heterocycles. The van der Waals surface area contributed by atoms with E-state index in [0.29, 0.717) is 0 Å². The molecular formula is C50H68O2Ti+2. The van der Waals surface area contributed by atoms with Crippen LogP contribution in [-0.4, -0.2) is 10.2 Å². The molecule has 4 aromatic rings. The van der Waals surface area contributed by atoms with Gasteiger partial charge in [-0.3, -0.25) is 0 Å². The van der Waals surface area contributed by atoms with Gasteiger partial charge in [0.05, 0.1) is 12.5 Å². The molecule has 2 nitrogen and oxygen atoms in total.